The third kappa shape index (κ3) is 4.00. The summed E-state index contributed by atoms with van der Waals surface area (Å²) in [5.41, 5.74) is -0.873. The predicted octanol–water partition coefficient (Wildman–Crippen LogP) is 4.17. The van der Waals surface area contributed by atoms with E-state index < -0.39 is 46.8 Å². The molecular formula is C22H18ClF3N2O6. The number of cyclic esters (lactones) is 1. The predicted molar refractivity (Wildman–Crippen MR) is 113 cm³/mol. The Morgan fingerprint density at radius 2 is 1.91 bits per heavy atom. The number of fused-ring (bicyclic) bond motifs is 1. The van der Waals surface area contributed by atoms with Gasteiger partial charge in [0.25, 0.3) is 0 Å². The second-order valence-electron chi connectivity index (χ2n) is 7.56. The van der Waals surface area contributed by atoms with Crippen LogP contribution in [-0.4, -0.2) is 42.9 Å². The van der Waals surface area contributed by atoms with Crippen LogP contribution in [0.5, 0.6) is 11.5 Å². The molecule has 34 heavy (non-hydrogen) atoms. The molecule has 12 heteroatoms. The van der Waals surface area contributed by atoms with Gasteiger partial charge in [-0.1, -0.05) is 11.6 Å². The van der Waals surface area contributed by atoms with Crippen LogP contribution in [-0.2, 0) is 20.5 Å². The Labute approximate surface area is 196 Å². The van der Waals surface area contributed by atoms with E-state index in [9.17, 15) is 27.6 Å². The van der Waals surface area contributed by atoms with Gasteiger partial charge < -0.3 is 19.5 Å². The number of hydrogen-bond donors (Lipinski definition) is 1. The molecule has 2 heterocycles. The summed E-state index contributed by atoms with van der Waals surface area (Å²) < 4.78 is 55.4. The molecule has 0 unspecified atom stereocenters. The van der Waals surface area contributed by atoms with Gasteiger partial charge >= 0.3 is 12.1 Å². The maximum atomic E-state index is 13.2. The van der Waals surface area contributed by atoms with Gasteiger partial charge in [0.05, 0.1) is 24.8 Å². The summed E-state index contributed by atoms with van der Waals surface area (Å²) in [6.07, 6.45) is -5.84. The Morgan fingerprint density at radius 1 is 1.18 bits per heavy atom. The number of amides is 2. The lowest BCUT2D eigenvalue weighted by atomic mass is 10.0. The number of methoxy groups -OCH3 is 2. The van der Waals surface area contributed by atoms with Crippen LogP contribution < -0.4 is 14.8 Å². The molecule has 4 rings (SSSR count). The van der Waals surface area contributed by atoms with E-state index in [2.05, 4.69) is 5.32 Å². The zero-order valence-corrected chi connectivity index (χ0v) is 18.6. The fourth-order valence-corrected chi connectivity index (χ4v) is 4.31. The number of anilines is 1. The van der Waals surface area contributed by atoms with Crippen molar-refractivity contribution in [3.05, 3.63) is 52.0 Å². The van der Waals surface area contributed by atoms with Gasteiger partial charge in [-0.15, -0.1) is 0 Å². The number of nitrogens with one attached hydrogen (secondary N) is 1. The van der Waals surface area contributed by atoms with Crippen LogP contribution in [0.4, 0.5) is 18.9 Å². The molecular weight excluding hydrogens is 481 g/mol. The smallest absolute Gasteiger partial charge is 0.417 e. The number of alkyl halides is 3. The summed E-state index contributed by atoms with van der Waals surface area (Å²) in [7, 11) is 2.74. The highest BCUT2D eigenvalue weighted by Crippen LogP contribution is 2.45. The zero-order chi connectivity index (χ0) is 24.8. The second kappa shape index (κ2) is 8.71. The normalized spacial score (nSPS) is 19.6. The van der Waals surface area contributed by atoms with Gasteiger partial charge in [0, 0.05) is 17.7 Å². The molecule has 180 valence electrons. The van der Waals surface area contributed by atoms with E-state index in [1.165, 1.54) is 32.4 Å². The van der Waals surface area contributed by atoms with Crippen molar-refractivity contribution in [1.82, 2.24) is 4.90 Å². The fraction of sp³-hybridized carbons (Fsp3) is 0.318. The van der Waals surface area contributed by atoms with Gasteiger partial charge in [-0.05, 0) is 36.8 Å². The van der Waals surface area contributed by atoms with Gasteiger partial charge in [-0.25, -0.2) is 4.79 Å². The maximum absolute atomic E-state index is 13.2. The molecule has 2 atom stereocenters. The highest BCUT2D eigenvalue weighted by Gasteiger charge is 2.48. The van der Waals surface area contributed by atoms with Crippen LogP contribution in [0.2, 0.25) is 5.02 Å². The first-order chi connectivity index (χ1) is 16.1. The number of hydrogen-bond acceptors (Lipinski definition) is 6. The van der Waals surface area contributed by atoms with E-state index in [1.54, 1.807) is 0 Å². The van der Waals surface area contributed by atoms with Crippen LogP contribution in [0.15, 0.2) is 30.3 Å². The molecule has 2 aliphatic heterocycles. The highest BCUT2D eigenvalue weighted by molar-refractivity contribution is 6.31. The number of esters is 1. The standard InChI is InChI=1S/C22H18ClF3N2O6/c1-32-15-7-4-11-17(18(15)33-2)21(31)34-20(11)28-14(6-8-16(28)29)19(30)27-10-3-5-13(23)12(9-10)22(24,25)26/h3-5,7,9,14,20H,6,8H2,1-2H3,(H,27,30)/t14-,20-/m0/s1. The van der Waals surface area contributed by atoms with Gasteiger partial charge in [-0.3, -0.25) is 14.5 Å². The topological polar surface area (TPSA) is 94.2 Å². The van der Waals surface area contributed by atoms with E-state index in [4.69, 9.17) is 25.8 Å². The number of halogens is 4. The van der Waals surface area contributed by atoms with E-state index in [0.29, 0.717) is 11.6 Å². The van der Waals surface area contributed by atoms with Crippen molar-refractivity contribution in [3.8, 4) is 11.5 Å². The number of benzene rings is 2. The Kier molecular flexibility index (Phi) is 6.07. The summed E-state index contributed by atoms with van der Waals surface area (Å²) in [5, 5.41) is 1.88. The number of nitrogens with zero attached hydrogens (tertiary/aromatic N) is 1. The van der Waals surface area contributed by atoms with Gasteiger partial charge in [0.15, 0.2) is 11.5 Å². The molecule has 1 saturated heterocycles. The second-order valence-corrected chi connectivity index (χ2v) is 7.97. The minimum absolute atomic E-state index is 0.0107. The van der Waals surface area contributed by atoms with Crippen LogP contribution in [0.25, 0.3) is 0 Å². The monoisotopic (exact) mass is 498 g/mol. The third-order valence-corrected chi connectivity index (χ3v) is 5.95. The number of carbonyl (C=O) groups is 3. The first kappa shape index (κ1) is 23.7. The molecule has 0 aliphatic carbocycles. The first-order valence-electron chi connectivity index (χ1n) is 10.0. The quantitative estimate of drug-likeness (QED) is 0.622. The van der Waals surface area contributed by atoms with Crippen molar-refractivity contribution in [3.63, 3.8) is 0 Å². The van der Waals surface area contributed by atoms with Crippen LogP contribution in [0, 0.1) is 0 Å². The maximum Gasteiger partial charge on any atom is 0.417 e. The molecule has 0 spiro atoms. The van der Waals surface area contributed by atoms with Gasteiger partial charge in [0.1, 0.15) is 11.6 Å². The Morgan fingerprint density at radius 3 is 2.56 bits per heavy atom. The molecule has 0 saturated carbocycles. The number of rotatable bonds is 5. The van der Waals surface area contributed by atoms with Crippen molar-refractivity contribution >= 4 is 35.1 Å². The summed E-state index contributed by atoms with van der Waals surface area (Å²) in [4.78, 5) is 39.4. The SMILES string of the molecule is COc1ccc2c(c1OC)C(=O)O[C@@H]2N1C(=O)CC[C@H]1C(=O)Nc1ccc(Cl)c(C(F)(F)F)c1. The Balaban J connectivity index is 1.64. The van der Waals surface area contributed by atoms with Crippen molar-refractivity contribution in [2.75, 3.05) is 19.5 Å². The van der Waals surface area contributed by atoms with Crippen molar-refractivity contribution in [2.24, 2.45) is 0 Å². The molecule has 2 aromatic carbocycles. The number of carbonyl (C=O) groups excluding carboxylic acids is 3. The lowest BCUT2D eigenvalue weighted by Crippen LogP contribution is -2.43. The highest BCUT2D eigenvalue weighted by atomic mass is 35.5. The molecule has 1 fully saturated rings. The number of ether oxygens (including phenoxy) is 3. The molecule has 0 bridgehead atoms. The van der Waals surface area contributed by atoms with Crippen LogP contribution in [0.3, 0.4) is 0 Å². The van der Waals surface area contributed by atoms with Crippen LogP contribution >= 0.6 is 11.6 Å². The van der Waals surface area contributed by atoms with Crippen molar-refractivity contribution in [1.29, 1.82) is 0 Å². The van der Waals surface area contributed by atoms with Gasteiger partial charge in [-0.2, -0.15) is 13.2 Å². The molecule has 2 aromatic rings. The van der Waals surface area contributed by atoms with E-state index in [0.717, 1.165) is 11.0 Å². The average Bonchev–Trinajstić information content (AvgIpc) is 3.33. The fourth-order valence-electron chi connectivity index (χ4n) is 4.09. The van der Waals surface area contributed by atoms with Crippen molar-refractivity contribution < 1.29 is 41.8 Å². The summed E-state index contributed by atoms with van der Waals surface area (Å²) >= 11 is 5.63. The molecule has 0 radical (unpaired) electrons. The van der Waals surface area contributed by atoms with Crippen molar-refractivity contribution in [2.45, 2.75) is 31.3 Å². The van der Waals surface area contributed by atoms with Gasteiger partial charge in [0.2, 0.25) is 18.0 Å². The molecule has 8 nitrogen and oxygen atoms in total. The van der Waals surface area contributed by atoms with E-state index >= 15 is 0 Å². The number of likely N-dealkylation sites (tertiary alicyclic amines) is 1. The summed E-state index contributed by atoms with van der Waals surface area (Å²) in [6.45, 7) is 0. The molecule has 2 amide bonds. The van der Waals surface area contributed by atoms with E-state index in [1.807, 2.05) is 0 Å². The Bertz CT molecular complexity index is 1190. The zero-order valence-electron chi connectivity index (χ0n) is 17.9. The third-order valence-electron chi connectivity index (χ3n) is 5.62. The largest absolute Gasteiger partial charge is 0.493 e. The minimum atomic E-state index is -4.71. The molecule has 1 N–H and O–H groups in total. The lowest BCUT2D eigenvalue weighted by Gasteiger charge is -2.29. The molecule has 0 aromatic heterocycles. The lowest BCUT2D eigenvalue weighted by molar-refractivity contribution is -0.144. The summed E-state index contributed by atoms with van der Waals surface area (Å²) in [6, 6.07) is 4.93. The minimum Gasteiger partial charge on any atom is -0.493 e. The average molecular weight is 499 g/mol. The van der Waals surface area contributed by atoms with E-state index in [-0.39, 0.29) is 35.6 Å². The first-order valence-corrected chi connectivity index (χ1v) is 10.4. The Hall–Kier alpha value is -3.47. The summed E-state index contributed by atoms with van der Waals surface area (Å²) in [5.74, 6) is -1.54. The van der Waals surface area contributed by atoms with Crippen LogP contribution in [0.1, 0.15) is 40.6 Å². The molecule has 2 aliphatic rings.